The van der Waals surface area contributed by atoms with E-state index in [0.717, 1.165) is 6.08 Å². The van der Waals surface area contributed by atoms with Crippen LogP contribution in [0.3, 0.4) is 0 Å². The van der Waals surface area contributed by atoms with Crippen LogP contribution in [-0.4, -0.2) is 4.68 Å². The van der Waals surface area contributed by atoms with Crippen molar-refractivity contribution in [3.63, 3.8) is 0 Å². The van der Waals surface area contributed by atoms with Crippen molar-refractivity contribution in [3.8, 4) is 0 Å². The van der Waals surface area contributed by atoms with Crippen molar-refractivity contribution >= 4 is 4.68 Å². The van der Waals surface area contributed by atoms with E-state index in [1.807, 2.05) is 0 Å². The molecule has 1 nitrogen and oxygen atoms in total. The number of carbonyl (C=O) groups excluding carboxylic acids is 1. The zero-order valence-electron chi connectivity index (χ0n) is 3.31. The molecule has 0 saturated carbocycles. The van der Waals surface area contributed by atoms with Crippen LogP contribution in [0.4, 0.5) is 0 Å². The van der Waals surface area contributed by atoms with E-state index < -0.39 is 4.68 Å². The molecule has 0 rings (SSSR count). The Morgan fingerprint density at radius 3 is 1.86 bits per heavy atom. The number of allylic oxidation sites excluding steroid dienone is 1. The topological polar surface area (TPSA) is 17.1 Å². The van der Waals surface area contributed by atoms with Crippen LogP contribution in [0, 0.1) is 7.43 Å². The largest absolute Gasteiger partial charge is 0 e. The first kappa shape index (κ1) is 15.7. The van der Waals surface area contributed by atoms with Crippen LogP contribution in [0.25, 0.3) is 0 Å². The summed E-state index contributed by atoms with van der Waals surface area (Å²) >= 11 is 4.15. The molecule has 4 radical (unpaired) electrons. The summed E-state index contributed by atoms with van der Waals surface area (Å²) in [6.45, 7) is 3.10. The van der Waals surface area contributed by atoms with Crippen molar-refractivity contribution in [2.75, 3.05) is 0 Å². The molecule has 0 N–H and O–H groups in total. The first-order chi connectivity index (χ1) is 2.27. The minimum atomic E-state index is -0.419. The van der Waals surface area contributed by atoms with Gasteiger partial charge in [-0.05, 0) is 0 Å². The van der Waals surface area contributed by atoms with Crippen LogP contribution in [-0.2, 0) is 37.3 Å². The molecule has 0 atom stereocenters. The number of hydrogen-bond acceptors (Lipinski definition) is 1. The van der Waals surface area contributed by atoms with Gasteiger partial charge in [0.25, 0.3) is 0 Å². The van der Waals surface area contributed by atoms with Crippen LogP contribution in [0.2, 0.25) is 0 Å². The smallest absolute Gasteiger partial charge is 0 e. The van der Waals surface area contributed by atoms with E-state index in [9.17, 15) is 4.79 Å². The number of rotatable bonds is 1. The van der Waals surface area contributed by atoms with Crippen molar-refractivity contribution in [2.45, 2.75) is 0 Å². The molecule has 0 fully saturated rings. The Bertz CT molecular complexity index is 62.7. The summed E-state index contributed by atoms with van der Waals surface area (Å²) in [7, 11) is 0. The molecule has 0 aromatic carbocycles. The predicted molar refractivity (Wildman–Crippen MR) is 18.4 cm³/mol. The zero-order valence-corrected chi connectivity index (χ0v) is 5.24. The van der Waals surface area contributed by atoms with E-state index in [1.54, 1.807) is 0 Å². The second-order valence-corrected chi connectivity index (χ2v) is 0.935. The SMILES string of the molecule is C=C[C](=O)[Cu].[C].[Ni]. The van der Waals surface area contributed by atoms with Gasteiger partial charge in [0, 0.05) is 23.9 Å². The average Bonchev–Trinajstić information content (AvgIpc) is 1.38. The third kappa shape index (κ3) is 21.4. The molecule has 7 heavy (non-hydrogen) atoms. The van der Waals surface area contributed by atoms with E-state index in [2.05, 4.69) is 22.6 Å². The van der Waals surface area contributed by atoms with Crippen LogP contribution >= 0.6 is 0 Å². The van der Waals surface area contributed by atoms with E-state index in [0.29, 0.717) is 0 Å². The molecule has 3 heteroatoms. The first-order valence-corrected chi connectivity index (χ1v) is 1.52. The fraction of sp³-hybridized carbons (Fsp3) is 0. The molecule has 0 aliphatic heterocycles. The summed E-state index contributed by atoms with van der Waals surface area (Å²) in [6, 6.07) is 0. The summed E-state index contributed by atoms with van der Waals surface area (Å²) in [4.78, 5) is 9.50. The van der Waals surface area contributed by atoms with Gasteiger partial charge in [-0.2, -0.15) is 0 Å². The average molecular weight is 189 g/mol. The minimum Gasteiger partial charge on any atom is 0 e. The van der Waals surface area contributed by atoms with E-state index in [1.165, 1.54) is 0 Å². The van der Waals surface area contributed by atoms with Crippen LogP contribution in [0.5, 0.6) is 0 Å². The fourth-order valence-corrected chi connectivity index (χ4v) is 0. The summed E-state index contributed by atoms with van der Waals surface area (Å²) in [6.07, 6.45) is 1.08. The maximum atomic E-state index is 9.50. The Morgan fingerprint density at radius 1 is 1.71 bits per heavy atom. The summed E-state index contributed by atoms with van der Waals surface area (Å²) < 4.78 is -0.419. The van der Waals surface area contributed by atoms with Crippen LogP contribution in [0.1, 0.15) is 0 Å². The van der Waals surface area contributed by atoms with Gasteiger partial charge >= 0.3 is 38.1 Å². The predicted octanol–water partition coefficient (Wildman–Crippen LogP) is 0.325. The molecule has 0 aliphatic rings. The van der Waals surface area contributed by atoms with Gasteiger partial charge in [0.15, 0.2) is 0 Å². The molecule has 0 saturated heterocycles. The molecule has 0 bridgehead atoms. The summed E-state index contributed by atoms with van der Waals surface area (Å²) in [5.41, 5.74) is 0. The molecular weight excluding hydrogens is 186 g/mol. The zero-order chi connectivity index (χ0) is 4.28. The summed E-state index contributed by atoms with van der Waals surface area (Å²) in [5.74, 6) is 0. The Kier molecular flexibility index (Phi) is 21.6. The van der Waals surface area contributed by atoms with Crippen molar-refractivity contribution in [3.05, 3.63) is 20.1 Å². The molecule has 0 aromatic rings. The van der Waals surface area contributed by atoms with Crippen LogP contribution < -0.4 is 0 Å². The van der Waals surface area contributed by atoms with Gasteiger partial charge < -0.3 is 0 Å². The van der Waals surface area contributed by atoms with Gasteiger partial charge in [-0.1, -0.05) is 0 Å². The molecule has 0 aliphatic carbocycles. The minimum absolute atomic E-state index is 0. The van der Waals surface area contributed by atoms with Gasteiger partial charge in [-0.15, -0.1) is 0 Å². The van der Waals surface area contributed by atoms with Gasteiger partial charge in [-0.3, -0.25) is 0 Å². The van der Waals surface area contributed by atoms with Gasteiger partial charge in [0.1, 0.15) is 0 Å². The first-order valence-electron chi connectivity index (χ1n) is 1.05. The molecule has 0 amide bonds. The maximum absolute atomic E-state index is 9.50. The van der Waals surface area contributed by atoms with Crippen LogP contribution in [0.15, 0.2) is 12.7 Å². The maximum Gasteiger partial charge on any atom is 0 e. The third-order valence-corrected chi connectivity index (χ3v) is 0.337. The molecular formula is C4H3CuNiO. The molecule has 0 aromatic heterocycles. The molecule has 0 heterocycles. The monoisotopic (exact) mass is 188 g/mol. The van der Waals surface area contributed by atoms with Gasteiger partial charge in [0.05, 0.1) is 0 Å². The Hall–Kier alpha value is 0.423. The van der Waals surface area contributed by atoms with Gasteiger partial charge in [0.2, 0.25) is 0 Å². The van der Waals surface area contributed by atoms with E-state index in [-0.39, 0.29) is 23.9 Å². The molecule has 0 unspecified atom stereocenters. The Morgan fingerprint density at radius 2 is 1.86 bits per heavy atom. The van der Waals surface area contributed by atoms with Crippen molar-refractivity contribution < 1.29 is 37.3 Å². The fourth-order valence-electron chi connectivity index (χ4n) is 0. The second kappa shape index (κ2) is 9.66. The number of carbonyl (C=O) groups is 1. The van der Waals surface area contributed by atoms with Crippen molar-refractivity contribution in [1.82, 2.24) is 0 Å². The van der Waals surface area contributed by atoms with Gasteiger partial charge in [-0.25, -0.2) is 0 Å². The van der Waals surface area contributed by atoms with E-state index >= 15 is 0 Å². The quantitative estimate of drug-likeness (QED) is 0.429. The molecule has 0 spiro atoms. The van der Waals surface area contributed by atoms with E-state index in [4.69, 9.17) is 0 Å². The third-order valence-electron chi connectivity index (χ3n) is 0.145. The Labute approximate surface area is 62.3 Å². The number of hydrogen-bond donors (Lipinski definition) is 0. The normalized spacial score (nSPS) is 4.86. The summed E-state index contributed by atoms with van der Waals surface area (Å²) in [5, 5.41) is 0. The standard InChI is InChI=1S/C3H3O.C.Cu.Ni/c1-2-3-4;;;/h2H,1H2;;;. The second-order valence-electron chi connectivity index (χ2n) is 0.471. The Balaban J connectivity index is -0.0000000800. The van der Waals surface area contributed by atoms with Crippen molar-refractivity contribution in [1.29, 1.82) is 0 Å². The molecule has 46 valence electrons. The van der Waals surface area contributed by atoms with Crippen molar-refractivity contribution in [2.24, 2.45) is 0 Å².